The summed E-state index contributed by atoms with van der Waals surface area (Å²) in [5, 5.41) is 20.6. The van der Waals surface area contributed by atoms with Crippen LogP contribution in [-0.4, -0.2) is 29.5 Å². The minimum atomic E-state index is -0.907. The summed E-state index contributed by atoms with van der Waals surface area (Å²) in [6.07, 6.45) is -0.0773. The Hall–Kier alpha value is -4.57. The molecule has 3 aromatic carbocycles. The largest absolute Gasteiger partial charge is 0.507 e. The van der Waals surface area contributed by atoms with Crippen molar-refractivity contribution < 1.29 is 24.2 Å². The highest BCUT2D eigenvalue weighted by atomic mass is 16.5. The van der Waals surface area contributed by atoms with Gasteiger partial charge in [-0.25, -0.2) is 0 Å². The van der Waals surface area contributed by atoms with Crippen LogP contribution in [0.2, 0.25) is 0 Å². The number of amides is 1. The molecular weight excluding hydrogens is 480 g/mol. The summed E-state index contributed by atoms with van der Waals surface area (Å²) >= 11 is 0. The molecule has 38 heavy (non-hydrogen) atoms. The van der Waals surface area contributed by atoms with Crippen LogP contribution in [0.15, 0.2) is 78.4 Å². The molecule has 0 radical (unpaired) electrons. The topological polar surface area (TPSA) is 99.9 Å². The Balaban J connectivity index is 1.83. The highest BCUT2D eigenvalue weighted by Crippen LogP contribution is 2.43. The fraction of sp³-hybridized carbons (Fsp3) is 0.258. The summed E-state index contributed by atoms with van der Waals surface area (Å²) in [5.41, 5.74) is 1.82. The van der Waals surface area contributed by atoms with Gasteiger partial charge in [0.15, 0.2) is 0 Å². The van der Waals surface area contributed by atoms with Gasteiger partial charge in [0, 0.05) is 11.3 Å². The normalized spacial score (nSPS) is 16.7. The van der Waals surface area contributed by atoms with Crippen molar-refractivity contribution in [2.75, 3.05) is 11.5 Å². The van der Waals surface area contributed by atoms with Gasteiger partial charge in [-0.2, -0.15) is 5.26 Å². The van der Waals surface area contributed by atoms with E-state index in [0.717, 1.165) is 0 Å². The molecule has 1 N–H and O–H groups in total. The van der Waals surface area contributed by atoms with Crippen molar-refractivity contribution >= 4 is 23.1 Å². The molecule has 1 amide bonds. The zero-order chi connectivity index (χ0) is 27.4. The Labute approximate surface area is 222 Å². The van der Waals surface area contributed by atoms with E-state index in [1.165, 1.54) is 4.90 Å². The number of benzene rings is 3. The van der Waals surface area contributed by atoms with Crippen LogP contribution < -0.4 is 14.4 Å². The van der Waals surface area contributed by atoms with E-state index in [1.807, 2.05) is 27.7 Å². The Kier molecular flexibility index (Phi) is 7.82. The van der Waals surface area contributed by atoms with Crippen LogP contribution in [0.5, 0.6) is 11.5 Å². The number of aliphatic hydroxyl groups excluding tert-OH is 1. The third kappa shape index (κ3) is 5.55. The Bertz CT molecular complexity index is 1400. The summed E-state index contributed by atoms with van der Waals surface area (Å²) in [6.45, 7) is 8.46. The van der Waals surface area contributed by atoms with Gasteiger partial charge < -0.3 is 14.6 Å². The van der Waals surface area contributed by atoms with Crippen LogP contribution >= 0.6 is 0 Å². The van der Waals surface area contributed by atoms with E-state index < -0.39 is 17.7 Å². The first-order valence-electron chi connectivity index (χ1n) is 12.5. The van der Waals surface area contributed by atoms with Crippen LogP contribution in [0.3, 0.4) is 0 Å². The number of carbonyl (C=O) groups excluding carboxylic acids is 2. The van der Waals surface area contributed by atoms with Crippen LogP contribution in [0.1, 0.15) is 50.4 Å². The van der Waals surface area contributed by atoms with Crippen LogP contribution in [-0.2, 0) is 9.59 Å². The summed E-state index contributed by atoms with van der Waals surface area (Å²) in [7, 11) is 0. The highest BCUT2D eigenvalue weighted by Gasteiger charge is 2.47. The molecule has 0 spiro atoms. The van der Waals surface area contributed by atoms with Gasteiger partial charge in [0.2, 0.25) is 0 Å². The quantitative estimate of drug-likeness (QED) is 0.226. The number of anilines is 1. The second-order valence-electron chi connectivity index (χ2n) is 9.80. The molecule has 7 heteroatoms. The molecule has 194 valence electrons. The summed E-state index contributed by atoms with van der Waals surface area (Å²) in [4.78, 5) is 28.1. The van der Waals surface area contributed by atoms with Gasteiger partial charge in [0.05, 0.1) is 36.0 Å². The van der Waals surface area contributed by atoms with E-state index in [4.69, 9.17) is 9.47 Å². The van der Waals surface area contributed by atoms with E-state index in [-0.39, 0.29) is 17.4 Å². The average Bonchev–Trinajstić information content (AvgIpc) is 3.17. The van der Waals surface area contributed by atoms with Gasteiger partial charge in [0.25, 0.3) is 11.7 Å². The molecule has 0 bridgehead atoms. The molecule has 7 nitrogen and oxygen atoms in total. The maximum atomic E-state index is 13.4. The van der Waals surface area contributed by atoms with Gasteiger partial charge in [-0.15, -0.1) is 0 Å². The standard InChI is InChI=1S/C31H30N2O5/c1-19(2)18-37-25-14-10-22(11-15-25)29(34)27-28(23-6-5-7-26(16-23)38-20(3)4)33(31(36)30(27)35)24-12-8-21(17-32)9-13-24/h5-16,19-20,28,34H,18H2,1-4H3/b29-27-. The number of ether oxygens (including phenoxy) is 2. The van der Waals surface area contributed by atoms with Crippen molar-refractivity contribution in [3.63, 3.8) is 0 Å². The predicted octanol–water partition coefficient (Wildman–Crippen LogP) is 6.01. The number of ketones is 1. The van der Waals surface area contributed by atoms with Crippen LogP contribution in [0.4, 0.5) is 5.69 Å². The lowest BCUT2D eigenvalue weighted by Gasteiger charge is -2.26. The SMILES string of the molecule is CC(C)COc1ccc(/C(O)=C2/C(=O)C(=O)N(c3ccc(C#N)cc3)C2c2cccc(OC(C)C)c2)cc1. The predicted molar refractivity (Wildman–Crippen MR) is 145 cm³/mol. The fourth-order valence-electron chi connectivity index (χ4n) is 4.27. The van der Waals surface area contributed by atoms with Crippen molar-refractivity contribution in [1.82, 2.24) is 0 Å². The monoisotopic (exact) mass is 510 g/mol. The van der Waals surface area contributed by atoms with Gasteiger partial charge in [-0.3, -0.25) is 14.5 Å². The van der Waals surface area contributed by atoms with E-state index in [1.54, 1.807) is 72.8 Å². The Morgan fingerprint density at radius 3 is 2.26 bits per heavy atom. The second kappa shape index (κ2) is 11.2. The van der Waals surface area contributed by atoms with Gasteiger partial charge in [-0.1, -0.05) is 26.0 Å². The van der Waals surface area contributed by atoms with E-state index in [9.17, 15) is 20.0 Å². The molecule has 1 unspecified atom stereocenters. The van der Waals surface area contributed by atoms with Crippen LogP contribution in [0, 0.1) is 17.2 Å². The summed E-state index contributed by atoms with van der Waals surface area (Å²) in [5.74, 6) is -0.273. The first-order valence-corrected chi connectivity index (χ1v) is 12.5. The van der Waals surface area contributed by atoms with Crippen LogP contribution in [0.25, 0.3) is 5.76 Å². The first kappa shape index (κ1) is 26.5. The van der Waals surface area contributed by atoms with E-state index >= 15 is 0 Å². The minimum Gasteiger partial charge on any atom is -0.507 e. The lowest BCUT2D eigenvalue weighted by molar-refractivity contribution is -0.132. The number of aliphatic hydroxyl groups is 1. The number of nitrogens with zero attached hydrogens (tertiary/aromatic N) is 2. The maximum absolute atomic E-state index is 13.4. The lowest BCUT2D eigenvalue weighted by atomic mass is 9.95. The fourth-order valence-corrected chi connectivity index (χ4v) is 4.27. The minimum absolute atomic E-state index is 0.0306. The number of carbonyl (C=O) groups is 2. The average molecular weight is 511 g/mol. The third-order valence-electron chi connectivity index (χ3n) is 5.98. The number of Topliss-reactive ketones (excluding diaryl/α,β-unsaturated/α-hetero) is 1. The van der Waals surface area contributed by atoms with Crippen molar-refractivity contribution in [2.24, 2.45) is 5.92 Å². The summed E-state index contributed by atoms with van der Waals surface area (Å²) < 4.78 is 11.6. The van der Waals surface area contributed by atoms with Crippen molar-refractivity contribution in [1.29, 1.82) is 5.26 Å². The van der Waals surface area contributed by atoms with Gasteiger partial charge >= 0.3 is 0 Å². The molecule has 4 rings (SSSR count). The second-order valence-corrected chi connectivity index (χ2v) is 9.80. The molecule has 3 aromatic rings. The Morgan fingerprint density at radius 2 is 1.66 bits per heavy atom. The molecule has 1 aliphatic rings. The van der Waals surface area contributed by atoms with Crippen molar-refractivity contribution in [2.45, 2.75) is 39.8 Å². The zero-order valence-electron chi connectivity index (χ0n) is 21.8. The molecule has 1 aliphatic heterocycles. The lowest BCUT2D eigenvalue weighted by Crippen LogP contribution is -2.29. The summed E-state index contributed by atoms with van der Waals surface area (Å²) in [6, 6.07) is 21.5. The molecule has 1 atom stereocenters. The molecule has 0 saturated carbocycles. The van der Waals surface area contributed by atoms with Crippen molar-refractivity contribution in [3.8, 4) is 17.6 Å². The highest BCUT2D eigenvalue weighted by molar-refractivity contribution is 6.51. The number of hydrogen-bond donors (Lipinski definition) is 1. The smallest absolute Gasteiger partial charge is 0.300 e. The number of rotatable bonds is 8. The van der Waals surface area contributed by atoms with E-state index in [2.05, 4.69) is 6.07 Å². The number of hydrogen-bond acceptors (Lipinski definition) is 6. The van der Waals surface area contributed by atoms with E-state index in [0.29, 0.717) is 46.4 Å². The molecular formula is C31H30N2O5. The first-order chi connectivity index (χ1) is 18.2. The van der Waals surface area contributed by atoms with Gasteiger partial charge in [-0.05, 0) is 86.0 Å². The van der Waals surface area contributed by atoms with Crippen molar-refractivity contribution in [3.05, 3.63) is 95.1 Å². The molecule has 0 aliphatic carbocycles. The molecule has 0 aromatic heterocycles. The third-order valence-corrected chi connectivity index (χ3v) is 5.98. The molecule has 1 heterocycles. The van der Waals surface area contributed by atoms with Gasteiger partial charge in [0.1, 0.15) is 17.3 Å². The number of nitriles is 1. The molecule has 1 fully saturated rings. The maximum Gasteiger partial charge on any atom is 0.300 e. The zero-order valence-corrected chi connectivity index (χ0v) is 21.8. The molecule has 1 saturated heterocycles. The Morgan fingerprint density at radius 1 is 0.974 bits per heavy atom.